The van der Waals surface area contributed by atoms with Crippen LogP contribution >= 0.6 is 0 Å². The van der Waals surface area contributed by atoms with Gasteiger partial charge in [0.05, 0.1) is 11.3 Å². The van der Waals surface area contributed by atoms with E-state index in [1.165, 1.54) is 6.07 Å². The standard InChI is InChI=1S/C13H15N3O3/c1-8(2)3-4-14-11-7-10-9(6-13(17)15-10)5-12(11)16(18)19/h3,5,7,14H,4,6H2,1-2H3,(H,15,17). The summed E-state index contributed by atoms with van der Waals surface area (Å²) in [6, 6.07) is 3.08. The molecule has 100 valence electrons. The van der Waals surface area contributed by atoms with Gasteiger partial charge in [0.25, 0.3) is 5.69 Å². The number of nitrogens with zero attached hydrogens (tertiary/aromatic N) is 1. The van der Waals surface area contributed by atoms with Crippen molar-refractivity contribution in [2.75, 3.05) is 17.2 Å². The van der Waals surface area contributed by atoms with E-state index in [1.807, 2.05) is 19.9 Å². The largest absolute Gasteiger partial charge is 0.376 e. The Morgan fingerprint density at radius 1 is 1.53 bits per heavy atom. The third-order valence-electron chi connectivity index (χ3n) is 2.85. The molecule has 1 amide bonds. The van der Waals surface area contributed by atoms with Gasteiger partial charge in [0, 0.05) is 18.3 Å². The summed E-state index contributed by atoms with van der Waals surface area (Å²) in [4.78, 5) is 21.9. The third-order valence-corrected chi connectivity index (χ3v) is 2.85. The molecule has 0 radical (unpaired) electrons. The molecular formula is C13H15N3O3. The summed E-state index contributed by atoms with van der Waals surface area (Å²) in [7, 11) is 0. The quantitative estimate of drug-likeness (QED) is 0.495. The zero-order valence-corrected chi connectivity index (χ0v) is 10.8. The van der Waals surface area contributed by atoms with Gasteiger partial charge < -0.3 is 10.6 Å². The summed E-state index contributed by atoms with van der Waals surface area (Å²) in [5.74, 6) is -0.134. The summed E-state index contributed by atoms with van der Waals surface area (Å²) >= 11 is 0. The molecule has 1 aliphatic heterocycles. The average molecular weight is 261 g/mol. The second kappa shape index (κ2) is 5.09. The van der Waals surface area contributed by atoms with E-state index in [1.54, 1.807) is 6.07 Å². The Balaban J connectivity index is 2.31. The van der Waals surface area contributed by atoms with Gasteiger partial charge in [-0.1, -0.05) is 11.6 Å². The number of hydrogen-bond donors (Lipinski definition) is 2. The van der Waals surface area contributed by atoms with E-state index in [9.17, 15) is 14.9 Å². The number of nitro groups is 1. The van der Waals surface area contributed by atoms with Crippen molar-refractivity contribution in [2.24, 2.45) is 0 Å². The predicted molar refractivity (Wildman–Crippen MR) is 73.4 cm³/mol. The molecule has 0 bridgehead atoms. The van der Waals surface area contributed by atoms with Crippen molar-refractivity contribution in [2.45, 2.75) is 20.3 Å². The van der Waals surface area contributed by atoms with E-state index < -0.39 is 4.92 Å². The number of amides is 1. The van der Waals surface area contributed by atoms with Crippen molar-refractivity contribution >= 4 is 23.0 Å². The smallest absolute Gasteiger partial charge is 0.292 e. The maximum atomic E-state index is 11.3. The van der Waals surface area contributed by atoms with Crippen LogP contribution in [0.2, 0.25) is 0 Å². The Labute approximate surface area is 110 Å². The summed E-state index contributed by atoms with van der Waals surface area (Å²) in [6.45, 7) is 4.42. The lowest BCUT2D eigenvalue weighted by Gasteiger charge is -2.07. The average Bonchev–Trinajstić information content (AvgIpc) is 2.66. The van der Waals surface area contributed by atoms with Crippen molar-refractivity contribution in [3.8, 4) is 0 Å². The first-order valence-electron chi connectivity index (χ1n) is 5.96. The number of rotatable bonds is 4. The van der Waals surface area contributed by atoms with Crippen LogP contribution in [0.4, 0.5) is 17.1 Å². The number of allylic oxidation sites excluding steroid dienone is 1. The Morgan fingerprint density at radius 3 is 2.89 bits per heavy atom. The zero-order chi connectivity index (χ0) is 14.0. The molecule has 0 saturated heterocycles. The normalized spacial score (nSPS) is 12.6. The molecule has 0 atom stereocenters. The van der Waals surface area contributed by atoms with Crippen LogP contribution in [0.1, 0.15) is 19.4 Å². The van der Waals surface area contributed by atoms with Crippen molar-refractivity contribution < 1.29 is 9.72 Å². The molecule has 6 nitrogen and oxygen atoms in total. The van der Waals surface area contributed by atoms with Crippen molar-refractivity contribution in [1.82, 2.24) is 0 Å². The lowest BCUT2D eigenvalue weighted by Crippen LogP contribution is -2.04. The van der Waals surface area contributed by atoms with Crippen LogP contribution in [0.3, 0.4) is 0 Å². The molecule has 1 aromatic rings. The zero-order valence-electron chi connectivity index (χ0n) is 10.8. The van der Waals surface area contributed by atoms with Crippen molar-refractivity contribution in [3.63, 3.8) is 0 Å². The highest BCUT2D eigenvalue weighted by atomic mass is 16.6. The molecule has 0 aliphatic carbocycles. The van der Waals surface area contributed by atoms with Gasteiger partial charge in [-0.3, -0.25) is 14.9 Å². The number of hydrogen-bond acceptors (Lipinski definition) is 4. The monoisotopic (exact) mass is 261 g/mol. The molecule has 1 aliphatic rings. The minimum atomic E-state index is -0.437. The fourth-order valence-corrected chi connectivity index (χ4v) is 1.92. The highest BCUT2D eigenvalue weighted by Gasteiger charge is 2.24. The number of nitrogens with one attached hydrogen (secondary N) is 2. The van der Waals surface area contributed by atoms with Gasteiger partial charge in [-0.05, 0) is 25.5 Å². The van der Waals surface area contributed by atoms with Gasteiger partial charge in [-0.15, -0.1) is 0 Å². The summed E-state index contributed by atoms with van der Waals surface area (Å²) < 4.78 is 0. The topological polar surface area (TPSA) is 84.3 Å². The molecule has 1 aromatic carbocycles. The van der Waals surface area contributed by atoms with Crippen LogP contribution in [0, 0.1) is 10.1 Å². The van der Waals surface area contributed by atoms with Crippen LogP contribution in [-0.4, -0.2) is 17.4 Å². The first-order valence-corrected chi connectivity index (χ1v) is 5.96. The van der Waals surface area contributed by atoms with Crippen LogP contribution < -0.4 is 10.6 Å². The number of carbonyl (C=O) groups is 1. The Kier molecular flexibility index (Phi) is 3.50. The van der Waals surface area contributed by atoms with E-state index in [2.05, 4.69) is 10.6 Å². The second-order valence-corrected chi connectivity index (χ2v) is 4.67. The van der Waals surface area contributed by atoms with Crippen LogP contribution in [0.5, 0.6) is 0 Å². The maximum Gasteiger partial charge on any atom is 0.292 e. The number of fused-ring (bicyclic) bond motifs is 1. The molecule has 6 heteroatoms. The van der Waals surface area contributed by atoms with Gasteiger partial charge >= 0.3 is 0 Å². The maximum absolute atomic E-state index is 11.3. The molecule has 0 fully saturated rings. The van der Waals surface area contributed by atoms with Gasteiger partial charge in [0.2, 0.25) is 5.91 Å². The molecule has 2 rings (SSSR count). The van der Waals surface area contributed by atoms with E-state index >= 15 is 0 Å². The molecule has 0 spiro atoms. The van der Waals surface area contributed by atoms with Gasteiger partial charge in [0.15, 0.2) is 0 Å². The number of anilines is 2. The van der Waals surface area contributed by atoms with E-state index in [4.69, 9.17) is 0 Å². The van der Waals surface area contributed by atoms with Crippen molar-refractivity contribution in [1.29, 1.82) is 0 Å². The molecule has 0 unspecified atom stereocenters. The Bertz CT molecular complexity index is 575. The van der Waals surface area contributed by atoms with Gasteiger partial charge in [-0.2, -0.15) is 0 Å². The first-order chi connectivity index (χ1) is 8.97. The highest BCUT2D eigenvalue weighted by molar-refractivity contribution is 6.00. The fourth-order valence-electron chi connectivity index (χ4n) is 1.92. The molecule has 0 saturated carbocycles. The van der Waals surface area contributed by atoms with Crippen LogP contribution in [0.25, 0.3) is 0 Å². The lowest BCUT2D eigenvalue weighted by atomic mass is 10.1. The summed E-state index contributed by atoms with van der Waals surface area (Å²) in [5, 5.41) is 16.7. The second-order valence-electron chi connectivity index (χ2n) is 4.67. The van der Waals surface area contributed by atoms with E-state index in [0.29, 0.717) is 23.5 Å². The predicted octanol–water partition coefficient (Wildman–Crippen LogP) is 2.47. The molecule has 0 aromatic heterocycles. The van der Waals surface area contributed by atoms with Crippen molar-refractivity contribution in [3.05, 3.63) is 39.5 Å². The molecule has 1 heterocycles. The molecule has 2 N–H and O–H groups in total. The summed E-state index contributed by atoms with van der Waals surface area (Å²) in [5.41, 5.74) is 2.87. The summed E-state index contributed by atoms with van der Waals surface area (Å²) in [6.07, 6.45) is 2.14. The van der Waals surface area contributed by atoms with E-state index in [-0.39, 0.29) is 18.0 Å². The van der Waals surface area contributed by atoms with Crippen LogP contribution in [-0.2, 0) is 11.2 Å². The number of nitro benzene ring substituents is 1. The van der Waals surface area contributed by atoms with Gasteiger partial charge in [-0.25, -0.2) is 0 Å². The highest BCUT2D eigenvalue weighted by Crippen LogP contribution is 2.34. The fraction of sp³-hybridized carbons (Fsp3) is 0.308. The minimum Gasteiger partial charge on any atom is -0.376 e. The van der Waals surface area contributed by atoms with E-state index in [0.717, 1.165) is 5.57 Å². The Morgan fingerprint density at radius 2 is 2.26 bits per heavy atom. The third kappa shape index (κ3) is 2.90. The lowest BCUT2D eigenvalue weighted by molar-refractivity contribution is -0.384. The minimum absolute atomic E-state index is 0.00240. The molecule has 19 heavy (non-hydrogen) atoms. The first kappa shape index (κ1) is 13.1. The Hall–Kier alpha value is -2.37. The van der Waals surface area contributed by atoms with Crippen LogP contribution in [0.15, 0.2) is 23.8 Å². The van der Waals surface area contributed by atoms with Gasteiger partial charge in [0.1, 0.15) is 5.69 Å². The number of benzene rings is 1. The SMILES string of the molecule is CC(C)=CCNc1cc2c(cc1[N+](=O)[O-])CC(=O)N2. The number of carbonyl (C=O) groups excluding carboxylic acids is 1. The molecular weight excluding hydrogens is 246 g/mol.